The molecular weight excluding hydrogens is 251 g/mol. The molecule has 1 rings (SSSR count). The molecule has 0 saturated heterocycles. The number of aryl methyl sites for hydroxylation is 1. The van der Waals surface area contributed by atoms with Gasteiger partial charge < -0.3 is 9.88 Å². The van der Waals surface area contributed by atoms with Gasteiger partial charge in [0.2, 0.25) is 0 Å². The summed E-state index contributed by atoms with van der Waals surface area (Å²) in [6, 6.07) is 2.09. The molecule has 11 heavy (non-hydrogen) atoms. The normalized spacial score (nSPS) is 10.8. The minimum Gasteiger partial charge on any atom is -0.374 e. The third kappa shape index (κ3) is 1.77. The van der Waals surface area contributed by atoms with Gasteiger partial charge in [0.1, 0.15) is 5.82 Å². The van der Waals surface area contributed by atoms with Crippen molar-refractivity contribution in [1.29, 1.82) is 0 Å². The number of hydrogen-bond acceptors (Lipinski definition) is 1. The highest BCUT2D eigenvalue weighted by Gasteiger charge is 1.98. The van der Waals surface area contributed by atoms with Gasteiger partial charge in [0.05, 0.1) is 0 Å². The maximum absolute atomic E-state index is 3.14. The third-order valence-electron chi connectivity index (χ3n) is 1.57. The Balaban J connectivity index is 3.05. The molecule has 1 aromatic heterocycles. The van der Waals surface area contributed by atoms with Crippen LogP contribution in [0.1, 0.15) is 5.56 Å². The third-order valence-corrected chi connectivity index (χ3v) is 1.89. The molecule has 2 nitrogen and oxygen atoms in total. The molecule has 0 saturated carbocycles. The number of nitrogens with zero attached hydrogens (tertiary/aromatic N) is 1. The van der Waals surface area contributed by atoms with Crippen LogP contribution in [0.2, 0.25) is 0 Å². The fourth-order valence-electron chi connectivity index (χ4n) is 1.06. The van der Waals surface area contributed by atoms with Crippen molar-refractivity contribution in [2.24, 2.45) is 0 Å². The summed E-state index contributed by atoms with van der Waals surface area (Å²) < 4.78 is 4.04. The Morgan fingerprint density at radius 3 is 2.91 bits per heavy atom. The Morgan fingerprint density at radius 2 is 2.36 bits per heavy atom. The van der Waals surface area contributed by atoms with Gasteiger partial charge in [0.15, 0.2) is 0 Å². The van der Waals surface area contributed by atoms with Gasteiger partial charge in [-0.3, -0.25) is 0 Å². The van der Waals surface area contributed by atoms with E-state index in [-0.39, 0.29) is 0 Å². The van der Waals surface area contributed by atoms with Crippen LogP contribution in [0.5, 0.6) is 0 Å². The molecule has 1 heterocycles. The zero-order chi connectivity index (χ0) is 8.27. The van der Waals surface area contributed by atoms with Crippen molar-refractivity contribution in [2.75, 3.05) is 12.4 Å². The zero-order valence-electron chi connectivity index (χ0n) is 6.63. The van der Waals surface area contributed by atoms with E-state index in [0.29, 0.717) is 0 Å². The first kappa shape index (κ1) is 8.64. The maximum atomic E-state index is 3.14. The van der Waals surface area contributed by atoms with Crippen LogP contribution >= 0.6 is 22.6 Å². The number of halogens is 1. The summed E-state index contributed by atoms with van der Waals surface area (Å²) in [5.41, 5.74) is 1.27. The molecule has 0 amide bonds. The molecule has 0 aromatic carbocycles. The second kappa shape index (κ2) is 3.80. The van der Waals surface area contributed by atoms with E-state index < -0.39 is 0 Å². The van der Waals surface area contributed by atoms with Crippen molar-refractivity contribution >= 4 is 34.6 Å². The Bertz CT molecular complexity index is 263. The van der Waals surface area contributed by atoms with Crippen LogP contribution in [-0.4, -0.2) is 11.6 Å². The van der Waals surface area contributed by atoms with E-state index in [9.17, 15) is 0 Å². The Morgan fingerprint density at radius 1 is 1.64 bits per heavy atom. The van der Waals surface area contributed by atoms with E-state index >= 15 is 0 Å². The Kier molecular flexibility index (Phi) is 2.99. The van der Waals surface area contributed by atoms with Crippen LogP contribution < -0.4 is 5.32 Å². The van der Waals surface area contributed by atoms with Crippen LogP contribution in [0.3, 0.4) is 0 Å². The minimum atomic E-state index is 1.15. The fraction of sp³-hybridized carbons (Fsp3) is 0.250. The summed E-state index contributed by atoms with van der Waals surface area (Å²) in [7, 11) is 1.93. The molecule has 0 radical (unpaired) electrons. The second-order valence-corrected chi connectivity index (χ2v) is 3.00. The van der Waals surface area contributed by atoms with Crippen LogP contribution in [0.25, 0.3) is 6.20 Å². The van der Waals surface area contributed by atoms with Crippen molar-refractivity contribution in [3.05, 3.63) is 21.9 Å². The number of nitrogens with one attached hydrogen (secondary N) is 1. The molecule has 0 spiro atoms. The fourth-order valence-corrected chi connectivity index (χ4v) is 1.41. The Labute approximate surface area is 80.4 Å². The SMILES string of the molecule is CNc1c(C)ccn1/C=C\I. The van der Waals surface area contributed by atoms with E-state index in [2.05, 4.69) is 45.5 Å². The van der Waals surface area contributed by atoms with Gasteiger partial charge in [-0.25, -0.2) is 0 Å². The number of rotatable bonds is 2. The standard InChI is InChI=1S/C8H11IN2/c1-7-3-5-11(6-4-9)8(7)10-2/h3-6,10H,1-2H3/b6-4-. The first-order valence-electron chi connectivity index (χ1n) is 3.41. The van der Waals surface area contributed by atoms with Crippen molar-refractivity contribution in [3.8, 4) is 0 Å². The summed E-state index contributed by atoms with van der Waals surface area (Å²) in [5.74, 6) is 1.15. The van der Waals surface area contributed by atoms with Gasteiger partial charge in [-0.2, -0.15) is 0 Å². The average molecular weight is 262 g/mol. The molecular formula is C8H11IN2. The maximum Gasteiger partial charge on any atom is 0.112 e. The monoisotopic (exact) mass is 262 g/mol. The summed E-state index contributed by atoms with van der Waals surface area (Å²) in [4.78, 5) is 0. The predicted molar refractivity (Wildman–Crippen MR) is 58.1 cm³/mol. The number of aromatic nitrogens is 1. The lowest BCUT2D eigenvalue weighted by Crippen LogP contribution is -1.95. The van der Waals surface area contributed by atoms with E-state index in [1.165, 1.54) is 5.56 Å². The lowest BCUT2D eigenvalue weighted by atomic mass is 10.4. The lowest BCUT2D eigenvalue weighted by Gasteiger charge is -2.03. The zero-order valence-corrected chi connectivity index (χ0v) is 8.79. The van der Waals surface area contributed by atoms with Crippen molar-refractivity contribution in [3.63, 3.8) is 0 Å². The van der Waals surface area contributed by atoms with Gasteiger partial charge in [0.25, 0.3) is 0 Å². The smallest absolute Gasteiger partial charge is 0.112 e. The van der Waals surface area contributed by atoms with E-state index in [4.69, 9.17) is 0 Å². The molecule has 1 aromatic rings. The summed E-state index contributed by atoms with van der Waals surface area (Å²) in [5, 5.41) is 3.14. The van der Waals surface area contributed by atoms with Crippen LogP contribution in [-0.2, 0) is 0 Å². The molecule has 0 aliphatic carbocycles. The van der Waals surface area contributed by atoms with Crippen LogP contribution in [0.15, 0.2) is 16.3 Å². The van der Waals surface area contributed by atoms with E-state index in [0.717, 1.165) is 5.82 Å². The molecule has 0 atom stereocenters. The van der Waals surface area contributed by atoms with Crippen molar-refractivity contribution < 1.29 is 0 Å². The lowest BCUT2D eigenvalue weighted by molar-refractivity contribution is 1.15. The van der Waals surface area contributed by atoms with Crippen molar-refractivity contribution in [2.45, 2.75) is 6.92 Å². The topological polar surface area (TPSA) is 17.0 Å². The van der Waals surface area contributed by atoms with Gasteiger partial charge >= 0.3 is 0 Å². The van der Waals surface area contributed by atoms with Gasteiger partial charge in [-0.1, -0.05) is 22.6 Å². The minimum absolute atomic E-state index is 1.15. The van der Waals surface area contributed by atoms with E-state index in [1.54, 1.807) is 0 Å². The average Bonchev–Trinajstić information content (AvgIpc) is 2.33. The predicted octanol–water partition coefficient (Wildman–Crippen LogP) is 2.70. The molecule has 60 valence electrons. The Hall–Kier alpha value is -0.450. The highest BCUT2D eigenvalue weighted by atomic mass is 127. The molecule has 0 aliphatic heterocycles. The summed E-state index contributed by atoms with van der Waals surface area (Å²) in [6.45, 7) is 2.09. The second-order valence-electron chi connectivity index (χ2n) is 2.28. The van der Waals surface area contributed by atoms with Gasteiger partial charge in [0, 0.05) is 19.4 Å². The quantitative estimate of drug-likeness (QED) is 0.811. The molecule has 0 aliphatic rings. The van der Waals surface area contributed by atoms with Crippen LogP contribution in [0.4, 0.5) is 5.82 Å². The van der Waals surface area contributed by atoms with Crippen LogP contribution in [0, 0.1) is 6.92 Å². The number of anilines is 1. The molecule has 1 N–H and O–H groups in total. The van der Waals surface area contributed by atoms with E-state index in [1.807, 2.05) is 23.5 Å². The highest BCUT2D eigenvalue weighted by Crippen LogP contribution is 2.15. The highest BCUT2D eigenvalue weighted by molar-refractivity contribution is 14.1. The molecule has 0 bridgehead atoms. The molecule has 3 heteroatoms. The summed E-state index contributed by atoms with van der Waals surface area (Å²) in [6.07, 6.45) is 4.05. The number of hydrogen-bond donors (Lipinski definition) is 1. The molecule has 0 unspecified atom stereocenters. The van der Waals surface area contributed by atoms with Gasteiger partial charge in [-0.15, -0.1) is 0 Å². The first-order chi connectivity index (χ1) is 5.29. The first-order valence-corrected chi connectivity index (χ1v) is 4.66. The summed E-state index contributed by atoms with van der Waals surface area (Å²) >= 11 is 2.20. The van der Waals surface area contributed by atoms with Crippen molar-refractivity contribution in [1.82, 2.24) is 4.57 Å². The largest absolute Gasteiger partial charge is 0.374 e. The molecule has 0 fully saturated rings. The van der Waals surface area contributed by atoms with Gasteiger partial charge in [-0.05, 0) is 22.6 Å².